The molecule has 0 aliphatic heterocycles. The number of nitrogens with zero attached hydrogens (tertiary/aromatic N) is 1. The van der Waals surface area contributed by atoms with E-state index in [1.54, 1.807) is 5.38 Å². The predicted molar refractivity (Wildman–Crippen MR) is 49.6 cm³/mol. The molecule has 2 aromatic heterocycles. The van der Waals surface area contributed by atoms with Crippen LogP contribution in [0.2, 0.25) is 0 Å². The van der Waals surface area contributed by atoms with Gasteiger partial charge in [0.05, 0.1) is 5.56 Å². The number of aromatic carboxylic acids is 1. The number of hydrogen-bond donors (Lipinski definition) is 2. The van der Waals surface area contributed by atoms with Gasteiger partial charge in [0.25, 0.3) is 0 Å². The van der Waals surface area contributed by atoms with Crippen LogP contribution in [0.15, 0.2) is 21.0 Å². The van der Waals surface area contributed by atoms with Crippen molar-refractivity contribution in [1.29, 1.82) is 0 Å². The van der Waals surface area contributed by atoms with Crippen LogP contribution in [0.4, 0.5) is 5.00 Å². The highest BCUT2D eigenvalue weighted by Crippen LogP contribution is 2.22. The molecule has 2 heterocycles. The molecule has 7 heteroatoms. The van der Waals surface area contributed by atoms with Gasteiger partial charge in [-0.15, -0.1) is 11.3 Å². The molecule has 0 atom stereocenters. The average molecular weight is 212 g/mol. The quantitative estimate of drug-likeness (QED) is 0.683. The van der Waals surface area contributed by atoms with Crippen LogP contribution in [0.5, 0.6) is 0 Å². The van der Waals surface area contributed by atoms with Gasteiger partial charge in [0.2, 0.25) is 0 Å². The number of rotatable bonds is 3. The Balaban J connectivity index is 2.30. The zero-order valence-electron chi connectivity index (χ0n) is 6.68. The lowest BCUT2D eigenvalue weighted by Crippen LogP contribution is -2.09. The molecule has 0 amide bonds. The first-order valence-corrected chi connectivity index (χ1v) is 4.45. The Morgan fingerprint density at radius 2 is 2.07 bits per heavy atom. The summed E-state index contributed by atoms with van der Waals surface area (Å²) in [4.78, 5) is 31.8. The predicted octanol–water partition coefficient (Wildman–Crippen LogP) is -0.281. The second kappa shape index (κ2) is 2.81. The highest BCUT2D eigenvalue weighted by molar-refractivity contribution is 7.14. The molecule has 0 aliphatic rings. The van der Waals surface area contributed by atoms with E-state index < -0.39 is 17.1 Å². The number of thiophene rings is 1. The van der Waals surface area contributed by atoms with Crippen LogP contribution in [0.25, 0.3) is 0 Å². The van der Waals surface area contributed by atoms with Crippen LogP contribution >= 0.6 is 11.3 Å². The van der Waals surface area contributed by atoms with Gasteiger partial charge in [-0.1, -0.05) is 0 Å². The van der Waals surface area contributed by atoms with Gasteiger partial charge in [-0.25, -0.2) is 4.79 Å². The summed E-state index contributed by atoms with van der Waals surface area (Å²) >= 11 is 1.11. The molecule has 0 bridgehead atoms. The van der Waals surface area contributed by atoms with Crippen molar-refractivity contribution in [2.24, 2.45) is 0 Å². The summed E-state index contributed by atoms with van der Waals surface area (Å²) in [6.45, 7) is 0. The lowest BCUT2D eigenvalue weighted by molar-refractivity contribution is 0.0698. The zero-order chi connectivity index (χ0) is 10.3. The Morgan fingerprint density at radius 3 is 2.57 bits per heavy atom. The van der Waals surface area contributed by atoms with Gasteiger partial charge in [0.15, 0.2) is 0 Å². The van der Waals surface area contributed by atoms with E-state index in [0.29, 0.717) is 0 Å². The van der Waals surface area contributed by atoms with Crippen molar-refractivity contribution < 1.29 is 9.90 Å². The van der Waals surface area contributed by atoms with Gasteiger partial charge >= 0.3 is 17.1 Å². The minimum Gasteiger partial charge on any atom is -0.478 e. The summed E-state index contributed by atoms with van der Waals surface area (Å²) in [5.74, 6) is -1.10. The minimum absolute atomic E-state index is 0.0440. The third-order valence-electron chi connectivity index (χ3n) is 1.65. The van der Waals surface area contributed by atoms with Gasteiger partial charge in [-0.05, 0) is 11.4 Å². The number of carboxylic acid groups (broad SMARTS) is 1. The number of carboxylic acids is 1. The largest absolute Gasteiger partial charge is 0.478 e. The van der Waals surface area contributed by atoms with E-state index in [9.17, 15) is 14.4 Å². The molecule has 0 aromatic carbocycles. The molecular weight excluding hydrogens is 208 g/mol. The molecule has 0 saturated heterocycles. The summed E-state index contributed by atoms with van der Waals surface area (Å²) in [6, 6.07) is 1.40. The van der Waals surface area contributed by atoms with Gasteiger partial charge in [-0.3, -0.25) is 15.0 Å². The molecule has 14 heavy (non-hydrogen) atoms. The number of aromatic nitrogens is 1. The minimum atomic E-state index is -1.10. The van der Waals surface area contributed by atoms with Crippen molar-refractivity contribution in [2.75, 3.05) is 5.43 Å². The summed E-state index contributed by atoms with van der Waals surface area (Å²) in [5.41, 5.74) is 1.15. The fourth-order valence-corrected chi connectivity index (χ4v) is 1.67. The third-order valence-corrected chi connectivity index (χ3v) is 2.47. The maximum Gasteiger partial charge on any atom is 0.340 e. The van der Waals surface area contributed by atoms with Gasteiger partial charge in [-0.2, -0.15) is 4.68 Å². The third kappa shape index (κ3) is 1.23. The molecule has 2 rings (SSSR count). The van der Waals surface area contributed by atoms with E-state index in [1.165, 1.54) is 6.07 Å². The smallest absolute Gasteiger partial charge is 0.340 e. The Kier molecular flexibility index (Phi) is 1.74. The molecule has 0 unspecified atom stereocenters. The first kappa shape index (κ1) is 8.70. The highest BCUT2D eigenvalue weighted by atomic mass is 32.1. The summed E-state index contributed by atoms with van der Waals surface area (Å²) in [6.07, 6.45) is 0. The van der Waals surface area contributed by atoms with Crippen LogP contribution in [0.1, 0.15) is 10.4 Å². The van der Waals surface area contributed by atoms with Crippen molar-refractivity contribution in [3.8, 4) is 0 Å². The monoisotopic (exact) mass is 212 g/mol. The summed E-state index contributed by atoms with van der Waals surface area (Å²) < 4.78 is 0.762. The molecule has 72 valence electrons. The fraction of sp³-hybridized carbons (Fsp3) is 0. The molecule has 0 spiro atoms. The second-order valence-corrected chi connectivity index (χ2v) is 3.44. The van der Waals surface area contributed by atoms with Crippen molar-refractivity contribution in [2.45, 2.75) is 0 Å². The number of anilines is 1. The van der Waals surface area contributed by atoms with Crippen molar-refractivity contribution >= 4 is 22.3 Å². The molecule has 6 nitrogen and oxygen atoms in total. The van der Waals surface area contributed by atoms with Crippen LogP contribution in [0, 0.1) is 0 Å². The molecule has 0 saturated carbocycles. The maximum atomic E-state index is 10.6. The topological polar surface area (TPSA) is 88.4 Å². The van der Waals surface area contributed by atoms with Crippen LogP contribution in [0.3, 0.4) is 0 Å². The van der Waals surface area contributed by atoms with Crippen molar-refractivity contribution in [3.05, 3.63) is 37.7 Å². The lowest BCUT2D eigenvalue weighted by atomic mass is 10.3. The molecule has 0 fully saturated rings. The average Bonchev–Trinajstić information content (AvgIpc) is 2.59. The van der Waals surface area contributed by atoms with Crippen LogP contribution < -0.4 is 16.5 Å². The van der Waals surface area contributed by atoms with Gasteiger partial charge in [0, 0.05) is 0 Å². The number of hydrogen-bond acceptors (Lipinski definition) is 5. The molecule has 0 radical (unpaired) electrons. The molecule has 2 aromatic rings. The first-order chi connectivity index (χ1) is 6.61. The first-order valence-electron chi connectivity index (χ1n) is 3.57. The van der Waals surface area contributed by atoms with E-state index >= 15 is 0 Å². The molecule has 2 N–H and O–H groups in total. The maximum absolute atomic E-state index is 10.6. The van der Waals surface area contributed by atoms with E-state index in [1.807, 2.05) is 0 Å². The Bertz CT molecular complexity index is 535. The molecular formula is C7H4N2O4S. The van der Waals surface area contributed by atoms with Crippen LogP contribution in [-0.4, -0.2) is 15.8 Å². The SMILES string of the molecule is O=C(O)c1ccsc1Nn1c(=O)c1=O. The summed E-state index contributed by atoms with van der Waals surface area (Å²) in [5, 5.41) is 10.5. The Hall–Kier alpha value is -1.89. The Morgan fingerprint density at radius 1 is 1.43 bits per heavy atom. The normalized spacial score (nSPS) is 10.6. The van der Waals surface area contributed by atoms with Gasteiger partial charge < -0.3 is 5.11 Å². The second-order valence-electron chi connectivity index (χ2n) is 2.53. The van der Waals surface area contributed by atoms with Gasteiger partial charge in [0.1, 0.15) is 5.00 Å². The highest BCUT2D eigenvalue weighted by Gasteiger charge is 2.19. The van der Waals surface area contributed by atoms with E-state index in [0.717, 1.165) is 16.0 Å². The van der Waals surface area contributed by atoms with Crippen molar-refractivity contribution in [3.63, 3.8) is 0 Å². The van der Waals surface area contributed by atoms with Crippen LogP contribution in [-0.2, 0) is 0 Å². The van der Waals surface area contributed by atoms with E-state index in [2.05, 4.69) is 5.43 Å². The summed E-state index contributed by atoms with van der Waals surface area (Å²) in [7, 11) is 0. The standard InChI is InChI=1S/C7H4N2O4S/c10-5-6(11)9(5)8-4-3(7(12)13)1-2-14-4/h1-2,8H,(H,12,13). The van der Waals surface area contributed by atoms with E-state index in [-0.39, 0.29) is 10.6 Å². The van der Waals surface area contributed by atoms with Crippen molar-refractivity contribution in [1.82, 2.24) is 4.68 Å². The van der Waals surface area contributed by atoms with E-state index in [4.69, 9.17) is 5.11 Å². The fourth-order valence-electron chi connectivity index (χ4n) is 0.902. The number of nitrogens with one attached hydrogen (secondary N) is 1. The lowest BCUT2D eigenvalue weighted by Gasteiger charge is -1.97. The number of carbonyl (C=O) groups is 1. The Labute approximate surface area is 80.7 Å². The zero-order valence-corrected chi connectivity index (χ0v) is 7.50. The molecule has 0 aliphatic carbocycles.